The number of nitrogens with one attached hydrogen (secondary N) is 2. The van der Waals surface area contributed by atoms with Gasteiger partial charge in [0.25, 0.3) is 11.8 Å². The van der Waals surface area contributed by atoms with E-state index in [1.807, 2.05) is 32.0 Å². The predicted molar refractivity (Wildman–Crippen MR) is 116 cm³/mol. The Hall–Kier alpha value is -3.10. The minimum atomic E-state index is -0.492. The van der Waals surface area contributed by atoms with Crippen LogP contribution in [-0.2, 0) is 0 Å². The van der Waals surface area contributed by atoms with E-state index in [1.54, 1.807) is 24.3 Å². The summed E-state index contributed by atoms with van der Waals surface area (Å²) >= 11 is 7.35. The molecule has 9 heteroatoms. The number of rotatable bonds is 6. The number of carbonyl (C=O) groups excluding carboxylic acids is 2. The molecular weight excluding hydrogens is 426 g/mol. The summed E-state index contributed by atoms with van der Waals surface area (Å²) < 4.78 is 10.9. The minimum Gasteiger partial charge on any atom is -0.493 e. The van der Waals surface area contributed by atoms with Crippen LogP contribution in [0.15, 0.2) is 48.7 Å². The summed E-state index contributed by atoms with van der Waals surface area (Å²) in [6.45, 7) is 3.79. The maximum absolute atomic E-state index is 12.4. The Balaban J connectivity index is 1.65. The number of methoxy groups -OCH3 is 1. The van der Waals surface area contributed by atoms with Crippen molar-refractivity contribution in [3.05, 3.63) is 64.1 Å². The second-order valence-electron chi connectivity index (χ2n) is 6.45. The van der Waals surface area contributed by atoms with Crippen molar-refractivity contribution < 1.29 is 19.1 Å². The van der Waals surface area contributed by atoms with Crippen LogP contribution in [0.3, 0.4) is 0 Å². The van der Waals surface area contributed by atoms with Crippen molar-refractivity contribution in [2.24, 2.45) is 0 Å². The van der Waals surface area contributed by atoms with Crippen LogP contribution in [0.2, 0.25) is 5.02 Å². The molecule has 0 unspecified atom stereocenters. The van der Waals surface area contributed by atoms with Crippen molar-refractivity contribution in [1.82, 2.24) is 15.8 Å². The Morgan fingerprint density at radius 1 is 1.07 bits per heavy atom. The Labute approximate surface area is 183 Å². The molecule has 2 amide bonds. The minimum absolute atomic E-state index is 0.0343. The van der Waals surface area contributed by atoms with E-state index in [0.29, 0.717) is 32.0 Å². The molecule has 0 saturated carbocycles. The highest BCUT2D eigenvalue weighted by Gasteiger charge is 2.16. The summed E-state index contributed by atoms with van der Waals surface area (Å²) in [5.41, 5.74) is 5.82. The number of aromatic nitrogens is 1. The summed E-state index contributed by atoms with van der Waals surface area (Å²) in [6, 6.07) is 12.0. The molecule has 0 aliphatic heterocycles. The molecule has 0 aliphatic carbocycles. The number of benzene rings is 2. The zero-order valence-electron chi connectivity index (χ0n) is 16.6. The number of nitrogens with zero attached hydrogens (tertiary/aromatic N) is 1. The van der Waals surface area contributed by atoms with Gasteiger partial charge in [0.15, 0.2) is 11.5 Å². The van der Waals surface area contributed by atoms with Gasteiger partial charge in [0.05, 0.1) is 24.4 Å². The van der Waals surface area contributed by atoms with Crippen LogP contribution in [0.4, 0.5) is 0 Å². The quantitative estimate of drug-likeness (QED) is 0.551. The van der Waals surface area contributed by atoms with E-state index in [-0.39, 0.29) is 6.10 Å². The van der Waals surface area contributed by atoms with Crippen LogP contribution < -0.4 is 20.3 Å². The maximum Gasteiger partial charge on any atom is 0.281 e. The SMILES string of the molecule is COc1cc(C(=O)NNC(=O)c2cnc(-c3ccccc3Cl)s2)ccc1OC(C)C. The Morgan fingerprint density at radius 2 is 1.80 bits per heavy atom. The van der Waals surface area contributed by atoms with Gasteiger partial charge in [-0.3, -0.25) is 20.4 Å². The smallest absolute Gasteiger partial charge is 0.281 e. The zero-order valence-corrected chi connectivity index (χ0v) is 18.1. The number of hydrazine groups is 1. The van der Waals surface area contributed by atoms with Gasteiger partial charge < -0.3 is 9.47 Å². The van der Waals surface area contributed by atoms with E-state index in [1.165, 1.54) is 24.6 Å². The monoisotopic (exact) mass is 445 g/mol. The maximum atomic E-state index is 12.4. The lowest BCUT2D eigenvalue weighted by atomic mass is 10.2. The molecule has 30 heavy (non-hydrogen) atoms. The average Bonchev–Trinajstić information content (AvgIpc) is 3.22. The van der Waals surface area contributed by atoms with E-state index in [9.17, 15) is 9.59 Å². The van der Waals surface area contributed by atoms with Crippen molar-refractivity contribution in [2.75, 3.05) is 7.11 Å². The molecule has 0 saturated heterocycles. The highest BCUT2D eigenvalue weighted by molar-refractivity contribution is 7.17. The van der Waals surface area contributed by atoms with Gasteiger partial charge in [0, 0.05) is 11.1 Å². The van der Waals surface area contributed by atoms with E-state index >= 15 is 0 Å². The molecule has 3 rings (SSSR count). The third-order valence-corrected chi connectivity index (χ3v) is 5.27. The van der Waals surface area contributed by atoms with E-state index in [4.69, 9.17) is 21.1 Å². The molecule has 0 bridgehead atoms. The van der Waals surface area contributed by atoms with Gasteiger partial charge in [0.1, 0.15) is 9.88 Å². The first-order valence-corrected chi connectivity index (χ1v) is 10.2. The second kappa shape index (κ2) is 9.60. The number of carbonyl (C=O) groups is 2. The van der Waals surface area contributed by atoms with Crippen LogP contribution in [0.1, 0.15) is 33.9 Å². The van der Waals surface area contributed by atoms with E-state index < -0.39 is 11.8 Å². The number of halogens is 1. The molecule has 7 nitrogen and oxygen atoms in total. The van der Waals surface area contributed by atoms with Gasteiger partial charge in [-0.15, -0.1) is 11.3 Å². The van der Waals surface area contributed by atoms with Crippen molar-refractivity contribution in [1.29, 1.82) is 0 Å². The first kappa shape index (κ1) is 21.6. The molecule has 0 spiro atoms. The molecular formula is C21H20ClN3O4S. The molecule has 2 N–H and O–H groups in total. The van der Waals surface area contributed by atoms with Crippen molar-refractivity contribution >= 4 is 34.8 Å². The summed E-state index contributed by atoms with van der Waals surface area (Å²) in [6.07, 6.45) is 1.40. The topological polar surface area (TPSA) is 89.6 Å². The Kier molecular flexibility index (Phi) is 6.91. The van der Waals surface area contributed by atoms with Gasteiger partial charge in [-0.05, 0) is 38.1 Å². The highest BCUT2D eigenvalue weighted by Crippen LogP contribution is 2.31. The van der Waals surface area contributed by atoms with Crippen LogP contribution in [0.25, 0.3) is 10.6 Å². The lowest BCUT2D eigenvalue weighted by Crippen LogP contribution is -2.41. The number of amides is 2. The molecule has 0 radical (unpaired) electrons. The van der Waals surface area contributed by atoms with Gasteiger partial charge in [-0.25, -0.2) is 4.98 Å². The highest BCUT2D eigenvalue weighted by atomic mass is 35.5. The number of thiazole rings is 1. The lowest BCUT2D eigenvalue weighted by Gasteiger charge is -2.14. The fraction of sp³-hybridized carbons (Fsp3) is 0.190. The number of ether oxygens (including phenoxy) is 2. The van der Waals surface area contributed by atoms with Crippen molar-refractivity contribution in [2.45, 2.75) is 20.0 Å². The predicted octanol–water partition coefficient (Wildman–Crippen LogP) is 4.33. The summed E-state index contributed by atoms with van der Waals surface area (Å²) in [4.78, 5) is 29.4. The summed E-state index contributed by atoms with van der Waals surface area (Å²) in [7, 11) is 1.49. The second-order valence-corrected chi connectivity index (χ2v) is 7.89. The fourth-order valence-electron chi connectivity index (χ4n) is 2.55. The summed E-state index contributed by atoms with van der Waals surface area (Å²) in [5.74, 6) is -0.0150. The standard InChI is InChI=1S/C21H20ClN3O4S/c1-12(2)29-16-9-8-13(10-17(16)28-3)19(26)24-25-20(27)18-11-23-21(30-18)14-6-4-5-7-15(14)22/h4-12H,1-3H3,(H,24,26)(H,25,27). The van der Waals surface area contributed by atoms with Gasteiger partial charge >= 0.3 is 0 Å². The normalized spacial score (nSPS) is 10.6. The third kappa shape index (κ3) is 5.08. The van der Waals surface area contributed by atoms with Gasteiger partial charge in [0.2, 0.25) is 0 Å². The zero-order chi connectivity index (χ0) is 21.7. The summed E-state index contributed by atoms with van der Waals surface area (Å²) in [5, 5.41) is 1.16. The van der Waals surface area contributed by atoms with E-state index in [2.05, 4.69) is 15.8 Å². The largest absolute Gasteiger partial charge is 0.493 e. The molecule has 2 aromatic carbocycles. The first-order valence-electron chi connectivity index (χ1n) is 9.05. The first-order chi connectivity index (χ1) is 14.4. The molecule has 3 aromatic rings. The number of hydrogen-bond acceptors (Lipinski definition) is 6. The van der Waals surface area contributed by atoms with Gasteiger partial charge in [-0.1, -0.05) is 29.8 Å². The average molecular weight is 446 g/mol. The Bertz CT molecular complexity index is 1070. The molecule has 156 valence electrons. The van der Waals surface area contributed by atoms with Crippen molar-refractivity contribution in [3.63, 3.8) is 0 Å². The van der Waals surface area contributed by atoms with Crippen LogP contribution in [0.5, 0.6) is 11.5 Å². The molecule has 0 aliphatic rings. The molecule has 1 aromatic heterocycles. The Morgan fingerprint density at radius 3 is 2.50 bits per heavy atom. The lowest BCUT2D eigenvalue weighted by molar-refractivity contribution is 0.0848. The van der Waals surface area contributed by atoms with Crippen LogP contribution in [0, 0.1) is 0 Å². The fourth-order valence-corrected chi connectivity index (χ4v) is 3.68. The third-order valence-electron chi connectivity index (χ3n) is 3.91. The molecule has 0 atom stereocenters. The molecule has 0 fully saturated rings. The van der Waals surface area contributed by atoms with Gasteiger partial charge in [-0.2, -0.15) is 0 Å². The van der Waals surface area contributed by atoms with E-state index in [0.717, 1.165) is 5.56 Å². The van der Waals surface area contributed by atoms with Crippen molar-refractivity contribution in [3.8, 4) is 22.1 Å². The number of hydrogen-bond donors (Lipinski definition) is 2. The van der Waals surface area contributed by atoms with Crippen LogP contribution >= 0.6 is 22.9 Å². The van der Waals surface area contributed by atoms with Crippen LogP contribution in [-0.4, -0.2) is 30.0 Å². The molecule has 1 heterocycles.